The Balaban J connectivity index is 2.06. The number of rotatable bonds is 4. The smallest absolute Gasteiger partial charge is 0.314 e. The second kappa shape index (κ2) is 5.30. The summed E-state index contributed by atoms with van der Waals surface area (Å²) in [7, 11) is 0. The van der Waals surface area contributed by atoms with Crippen molar-refractivity contribution in [3.05, 3.63) is 51.4 Å². The van der Waals surface area contributed by atoms with Crippen molar-refractivity contribution in [2.24, 2.45) is 0 Å². The minimum Gasteiger partial charge on any atom is -0.430 e. The van der Waals surface area contributed by atoms with Gasteiger partial charge in [0, 0.05) is 11.6 Å². The van der Waals surface area contributed by atoms with Crippen LogP contribution in [0.25, 0.3) is 4.96 Å². The number of halogens is 2. The van der Waals surface area contributed by atoms with Gasteiger partial charge in [0.15, 0.2) is 4.96 Å². The molecule has 108 valence electrons. The zero-order valence-corrected chi connectivity index (χ0v) is 11.9. The van der Waals surface area contributed by atoms with E-state index >= 15 is 0 Å². The number of nitro groups is 1. The predicted molar refractivity (Wildman–Crippen MR) is 75.8 cm³/mol. The van der Waals surface area contributed by atoms with E-state index in [9.17, 15) is 14.5 Å². The normalized spacial score (nSPS) is 11.0. The van der Waals surface area contributed by atoms with Gasteiger partial charge < -0.3 is 4.74 Å². The summed E-state index contributed by atoms with van der Waals surface area (Å²) >= 11 is 7.25. The maximum absolute atomic E-state index is 13.1. The lowest BCUT2D eigenvalue weighted by Gasteiger charge is -2.05. The highest BCUT2D eigenvalue weighted by Crippen LogP contribution is 2.34. The van der Waals surface area contributed by atoms with Gasteiger partial charge in [0.05, 0.1) is 16.9 Å². The van der Waals surface area contributed by atoms with Crippen LogP contribution >= 0.6 is 22.9 Å². The lowest BCUT2D eigenvalue weighted by molar-refractivity contribution is -0.385. The van der Waals surface area contributed by atoms with Crippen LogP contribution in [0.2, 0.25) is 0 Å². The molecule has 0 unspecified atom stereocenters. The third kappa shape index (κ3) is 2.43. The predicted octanol–water partition coefficient (Wildman–Crippen LogP) is 3.97. The Kier molecular flexibility index (Phi) is 3.48. The molecule has 0 bridgehead atoms. The molecule has 9 heteroatoms. The number of alkyl halides is 1. The molecule has 0 atom stereocenters. The summed E-state index contributed by atoms with van der Waals surface area (Å²) in [6.45, 7) is 0. The van der Waals surface area contributed by atoms with Gasteiger partial charge in [-0.15, -0.1) is 22.9 Å². The monoisotopic (exact) mass is 327 g/mol. The fourth-order valence-corrected chi connectivity index (χ4v) is 2.81. The van der Waals surface area contributed by atoms with Crippen molar-refractivity contribution in [3.63, 3.8) is 0 Å². The first-order chi connectivity index (χ1) is 10.1. The third-order valence-electron chi connectivity index (χ3n) is 2.78. The molecule has 21 heavy (non-hydrogen) atoms. The van der Waals surface area contributed by atoms with Crippen molar-refractivity contribution in [2.45, 2.75) is 5.88 Å². The molecule has 0 spiro atoms. The maximum Gasteiger partial charge on any atom is 0.314 e. The molecule has 3 aromatic rings. The Morgan fingerprint density at radius 2 is 2.33 bits per heavy atom. The zero-order valence-electron chi connectivity index (χ0n) is 10.3. The summed E-state index contributed by atoms with van der Waals surface area (Å²) in [5, 5.41) is 12.8. The average Bonchev–Trinajstić information content (AvgIpc) is 3.00. The van der Waals surface area contributed by atoms with E-state index in [1.807, 2.05) is 5.38 Å². The van der Waals surface area contributed by atoms with E-state index in [-0.39, 0.29) is 17.5 Å². The second-order valence-electron chi connectivity index (χ2n) is 4.02. The van der Waals surface area contributed by atoms with Crippen LogP contribution in [0.1, 0.15) is 5.69 Å². The SMILES string of the molecule is O=[N+]([O-])c1cc(F)ccc1Oc1nc2sccn2c1CCl. The first-order valence-corrected chi connectivity index (χ1v) is 7.13. The second-order valence-corrected chi connectivity index (χ2v) is 5.16. The van der Waals surface area contributed by atoms with Crippen LogP contribution in [0.15, 0.2) is 29.8 Å². The highest BCUT2D eigenvalue weighted by atomic mass is 35.5. The van der Waals surface area contributed by atoms with Gasteiger partial charge in [0.25, 0.3) is 0 Å². The Labute approximate surface area is 126 Å². The van der Waals surface area contributed by atoms with Gasteiger partial charge in [-0.3, -0.25) is 14.5 Å². The molecule has 2 heterocycles. The third-order valence-corrected chi connectivity index (χ3v) is 3.78. The van der Waals surface area contributed by atoms with Crippen molar-refractivity contribution < 1.29 is 14.1 Å². The molecule has 1 aromatic carbocycles. The lowest BCUT2D eigenvalue weighted by atomic mass is 10.3. The molecular formula is C12H7ClFN3O3S. The van der Waals surface area contributed by atoms with Crippen molar-refractivity contribution >= 4 is 33.6 Å². The Morgan fingerprint density at radius 1 is 1.52 bits per heavy atom. The molecule has 2 aromatic heterocycles. The molecule has 0 radical (unpaired) electrons. The van der Waals surface area contributed by atoms with Crippen molar-refractivity contribution in [3.8, 4) is 11.6 Å². The van der Waals surface area contributed by atoms with E-state index in [4.69, 9.17) is 16.3 Å². The van der Waals surface area contributed by atoms with E-state index in [0.29, 0.717) is 10.7 Å². The first kappa shape index (κ1) is 13.8. The fourth-order valence-electron chi connectivity index (χ4n) is 1.84. The van der Waals surface area contributed by atoms with Gasteiger partial charge in [-0.25, -0.2) is 4.39 Å². The van der Waals surface area contributed by atoms with Gasteiger partial charge in [0.1, 0.15) is 11.5 Å². The summed E-state index contributed by atoms with van der Waals surface area (Å²) in [5.41, 5.74) is 0.110. The molecule has 0 N–H and O–H groups in total. The molecule has 0 aliphatic carbocycles. The zero-order chi connectivity index (χ0) is 15.0. The van der Waals surface area contributed by atoms with Gasteiger partial charge in [0.2, 0.25) is 11.6 Å². The number of imidazole rings is 1. The number of hydrogen-bond acceptors (Lipinski definition) is 5. The molecule has 0 fully saturated rings. The number of nitrogens with zero attached hydrogens (tertiary/aromatic N) is 3. The molecule has 0 aliphatic heterocycles. The minimum absolute atomic E-state index is 0.0847. The maximum atomic E-state index is 13.1. The van der Waals surface area contributed by atoms with Crippen LogP contribution in [0.5, 0.6) is 11.6 Å². The van der Waals surface area contributed by atoms with Crippen molar-refractivity contribution in [1.82, 2.24) is 9.38 Å². The lowest BCUT2D eigenvalue weighted by Crippen LogP contribution is -1.96. The van der Waals surface area contributed by atoms with E-state index < -0.39 is 16.4 Å². The highest BCUT2D eigenvalue weighted by Gasteiger charge is 2.21. The average molecular weight is 328 g/mol. The largest absolute Gasteiger partial charge is 0.430 e. The number of fused-ring (bicyclic) bond motifs is 1. The van der Waals surface area contributed by atoms with Crippen LogP contribution < -0.4 is 4.74 Å². The topological polar surface area (TPSA) is 69.7 Å². The van der Waals surface area contributed by atoms with Crippen LogP contribution in [-0.4, -0.2) is 14.3 Å². The van der Waals surface area contributed by atoms with Crippen molar-refractivity contribution in [1.29, 1.82) is 0 Å². The molecule has 0 amide bonds. The molecule has 6 nitrogen and oxygen atoms in total. The Morgan fingerprint density at radius 3 is 3.05 bits per heavy atom. The van der Waals surface area contributed by atoms with Gasteiger partial charge in [-0.1, -0.05) is 0 Å². The number of nitro benzene ring substituents is 1. The van der Waals surface area contributed by atoms with Gasteiger partial charge >= 0.3 is 5.69 Å². The Hall–Kier alpha value is -2.19. The van der Waals surface area contributed by atoms with Gasteiger partial charge in [-0.05, 0) is 12.1 Å². The first-order valence-electron chi connectivity index (χ1n) is 5.72. The summed E-state index contributed by atoms with van der Waals surface area (Å²) in [5.74, 6) is -0.495. The molecule has 0 saturated carbocycles. The molecular weight excluding hydrogens is 321 g/mol. The molecule has 0 aliphatic rings. The van der Waals surface area contributed by atoms with Crippen molar-refractivity contribution in [2.75, 3.05) is 0 Å². The quantitative estimate of drug-likeness (QED) is 0.413. The van der Waals surface area contributed by atoms with Crippen LogP contribution in [0, 0.1) is 15.9 Å². The van der Waals surface area contributed by atoms with Crippen LogP contribution in [-0.2, 0) is 5.88 Å². The molecule has 3 rings (SSSR count). The summed E-state index contributed by atoms with van der Waals surface area (Å²) in [6, 6.07) is 3.08. The Bertz CT molecular complexity index is 832. The minimum atomic E-state index is -0.711. The van der Waals surface area contributed by atoms with Crippen LogP contribution in [0.3, 0.4) is 0 Å². The number of hydrogen-bond donors (Lipinski definition) is 0. The van der Waals surface area contributed by atoms with E-state index in [0.717, 1.165) is 12.1 Å². The van der Waals surface area contributed by atoms with Crippen LogP contribution in [0.4, 0.5) is 10.1 Å². The number of aromatic nitrogens is 2. The summed E-state index contributed by atoms with van der Waals surface area (Å²) < 4.78 is 20.3. The molecule has 0 saturated heterocycles. The van der Waals surface area contributed by atoms with E-state index in [1.165, 1.54) is 17.4 Å². The van der Waals surface area contributed by atoms with E-state index in [1.54, 1.807) is 10.6 Å². The van der Waals surface area contributed by atoms with E-state index in [2.05, 4.69) is 4.98 Å². The number of ether oxygens (including phenoxy) is 1. The fraction of sp³-hybridized carbons (Fsp3) is 0.0833. The standard InChI is InChI=1S/C12H7ClFN3O3S/c13-6-9-11(15-12-16(9)3-4-21-12)20-10-2-1-7(14)5-8(10)17(18)19/h1-5H,6H2. The van der Waals surface area contributed by atoms with Gasteiger partial charge in [-0.2, -0.15) is 4.98 Å². The summed E-state index contributed by atoms with van der Waals surface area (Å²) in [6.07, 6.45) is 1.77. The summed E-state index contributed by atoms with van der Waals surface area (Å²) in [4.78, 5) is 15.1. The highest BCUT2D eigenvalue weighted by molar-refractivity contribution is 7.15. The number of benzene rings is 1. The number of thiazole rings is 1.